The normalized spacial score (nSPS) is 13.6. The molecule has 0 heterocycles. The molecule has 0 saturated carbocycles. The summed E-state index contributed by atoms with van der Waals surface area (Å²) in [5.41, 5.74) is 1.08. The number of rotatable bonds is 7. The van der Waals surface area contributed by atoms with E-state index >= 15 is 0 Å². The molecule has 0 amide bonds. The Balaban J connectivity index is 2.73. The second kappa shape index (κ2) is 7.67. The summed E-state index contributed by atoms with van der Waals surface area (Å²) in [5.74, 6) is 2.48. The van der Waals surface area contributed by atoms with Gasteiger partial charge in [-0.05, 0) is 24.8 Å². The lowest BCUT2D eigenvalue weighted by molar-refractivity contribution is -0.134. The molecule has 2 unspecified atom stereocenters. The lowest BCUT2D eigenvalue weighted by atomic mass is 10.1. The molecule has 1 aromatic rings. The van der Waals surface area contributed by atoms with Gasteiger partial charge >= 0.3 is 0 Å². The highest BCUT2D eigenvalue weighted by Crippen LogP contribution is 2.23. The number of benzene rings is 1. The Hall–Kier alpha value is -1.56. The maximum Gasteiger partial charge on any atom is 0.222 e. The van der Waals surface area contributed by atoms with E-state index in [1.807, 2.05) is 43.3 Å². The largest absolute Gasteiger partial charge is 0.342 e. The Morgan fingerprint density at radius 3 is 2.65 bits per heavy atom. The Kier molecular flexibility index (Phi) is 6.09. The molecule has 0 radical (unpaired) electrons. The van der Waals surface area contributed by atoms with Gasteiger partial charge in [0.05, 0.1) is 6.10 Å². The summed E-state index contributed by atoms with van der Waals surface area (Å²) >= 11 is 0. The number of terminal acetylenes is 1. The summed E-state index contributed by atoms with van der Waals surface area (Å²) in [4.78, 5) is 0. The maximum absolute atomic E-state index is 5.74. The van der Waals surface area contributed by atoms with E-state index in [9.17, 15) is 0 Å². The van der Waals surface area contributed by atoms with E-state index in [0.717, 1.165) is 5.56 Å². The zero-order valence-electron chi connectivity index (χ0n) is 10.1. The van der Waals surface area contributed by atoms with Crippen LogP contribution in [0.4, 0.5) is 0 Å². The molecule has 0 aliphatic heterocycles. The first-order chi connectivity index (χ1) is 8.31. The van der Waals surface area contributed by atoms with Crippen molar-refractivity contribution < 1.29 is 9.47 Å². The van der Waals surface area contributed by atoms with Crippen LogP contribution in [-0.4, -0.2) is 12.9 Å². The summed E-state index contributed by atoms with van der Waals surface area (Å²) in [5, 5.41) is 0. The van der Waals surface area contributed by atoms with E-state index in [-0.39, 0.29) is 6.10 Å². The molecule has 0 aliphatic carbocycles. The standard InChI is InChI=1S/C15H18O2/c1-4-10-14(13-11-8-7-9-12-13)17-15(5-2)16-6-3/h2,4,7-9,11-12,14-15H,1,6,10H2,3H3. The van der Waals surface area contributed by atoms with Gasteiger partial charge in [-0.25, -0.2) is 0 Å². The highest BCUT2D eigenvalue weighted by Gasteiger charge is 2.15. The fourth-order valence-corrected chi connectivity index (χ4v) is 1.52. The molecule has 0 aliphatic rings. The SMILES string of the molecule is C#CC(OCC)OC(CC=C)c1ccccc1. The lowest BCUT2D eigenvalue weighted by Gasteiger charge is -2.20. The van der Waals surface area contributed by atoms with E-state index in [0.29, 0.717) is 13.0 Å². The van der Waals surface area contributed by atoms with Crippen LogP contribution in [-0.2, 0) is 9.47 Å². The minimum atomic E-state index is -0.606. The predicted octanol–water partition coefficient (Wildman–Crippen LogP) is 3.32. The van der Waals surface area contributed by atoms with Crippen molar-refractivity contribution in [1.82, 2.24) is 0 Å². The van der Waals surface area contributed by atoms with E-state index in [1.165, 1.54) is 0 Å². The third-order valence-corrected chi connectivity index (χ3v) is 2.29. The molecule has 0 saturated heterocycles. The van der Waals surface area contributed by atoms with Crippen LogP contribution < -0.4 is 0 Å². The molecule has 2 atom stereocenters. The molecule has 0 aromatic heterocycles. The van der Waals surface area contributed by atoms with Crippen LogP contribution >= 0.6 is 0 Å². The summed E-state index contributed by atoms with van der Waals surface area (Å²) in [7, 11) is 0. The average Bonchev–Trinajstić information content (AvgIpc) is 2.38. The third kappa shape index (κ3) is 4.44. The van der Waals surface area contributed by atoms with Crippen LogP contribution in [0.15, 0.2) is 43.0 Å². The molecule has 17 heavy (non-hydrogen) atoms. The highest BCUT2D eigenvalue weighted by molar-refractivity contribution is 5.18. The van der Waals surface area contributed by atoms with Crippen molar-refractivity contribution in [2.75, 3.05) is 6.61 Å². The molecule has 0 N–H and O–H groups in total. The molecule has 0 bridgehead atoms. The molecule has 0 fully saturated rings. The van der Waals surface area contributed by atoms with Gasteiger partial charge in [-0.2, -0.15) is 0 Å². The fraction of sp³-hybridized carbons (Fsp3) is 0.333. The molecular weight excluding hydrogens is 212 g/mol. The number of ether oxygens (including phenoxy) is 2. The fourth-order valence-electron chi connectivity index (χ4n) is 1.52. The molecule has 1 aromatic carbocycles. The number of hydrogen-bond donors (Lipinski definition) is 0. The van der Waals surface area contributed by atoms with Gasteiger partial charge in [0.1, 0.15) is 0 Å². The van der Waals surface area contributed by atoms with Crippen LogP contribution in [0.2, 0.25) is 0 Å². The molecule has 1 rings (SSSR count). The Bertz CT molecular complexity index is 364. The van der Waals surface area contributed by atoms with Gasteiger partial charge in [-0.15, -0.1) is 13.0 Å². The van der Waals surface area contributed by atoms with Crippen molar-refractivity contribution in [3.63, 3.8) is 0 Å². The molecular formula is C15H18O2. The topological polar surface area (TPSA) is 18.5 Å². The van der Waals surface area contributed by atoms with Crippen molar-refractivity contribution in [3.8, 4) is 12.3 Å². The predicted molar refractivity (Wildman–Crippen MR) is 69.3 cm³/mol. The van der Waals surface area contributed by atoms with Crippen LogP contribution in [0.25, 0.3) is 0 Å². The Morgan fingerprint density at radius 2 is 2.12 bits per heavy atom. The van der Waals surface area contributed by atoms with Crippen molar-refractivity contribution >= 4 is 0 Å². The summed E-state index contributed by atoms with van der Waals surface area (Å²) in [6, 6.07) is 9.93. The molecule has 2 nitrogen and oxygen atoms in total. The number of hydrogen-bond acceptors (Lipinski definition) is 2. The van der Waals surface area contributed by atoms with Crippen molar-refractivity contribution in [2.24, 2.45) is 0 Å². The second-order valence-electron chi connectivity index (χ2n) is 3.51. The molecule has 90 valence electrons. The van der Waals surface area contributed by atoms with E-state index < -0.39 is 6.29 Å². The highest BCUT2D eigenvalue weighted by atomic mass is 16.7. The van der Waals surface area contributed by atoms with Crippen LogP contribution in [0.1, 0.15) is 25.0 Å². The monoisotopic (exact) mass is 230 g/mol. The first kappa shape index (κ1) is 13.5. The first-order valence-electron chi connectivity index (χ1n) is 5.70. The summed E-state index contributed by atoms with van der Waals surface area (Å²) in [6.45, 7) is 6.15. The van der Waals surface area contributed by atoms with Crippen molar-refractivity contribution in [2.45, 2.75) is 25.7 Å². The first-order valence-corrected chi connectivity index (χ1v) is 5.70. The minimum absolute atomic E-state index is 0.110. The van der Waals surface area contributed by atoms with Gasteiger partial charge in [-0.1, -0.05) is 36.4 Å². The van der Waals surface area contributed by atoms with Gasteiger partial charge in [0.2, 0.25) is 6.29 Å². The van der Waals surface area contributed by atoms with Crippen molar-refractivity contribution in [3.05, 3.63) is 48.6 Å². The average molecular weight is 230 g/mol. The van der Waals surface area contributed by atoms with Gasteiger partial charge in [0.15, 0.2) is 0 Å². The zero-order chi connectivity index (χ0) is 12.5. The smallest absolute Gasteiger partial charge is 0.222 e. The van der Waals surface area contributed by atoms with Gasteiger partial charge in [0, 0.05) is 6.61 Å². The van der Waals surface area contributed by atoms with Gasteiger partial charge in [0.25, 0.3) is 0 Å². The van der Waals surface area contributed by atoms with Gasteiger partial charge < -0.3 is 9.47 Å². The minimum Gasteiger partial charge on any atom is -0.342 e. The van der Waals surface area contributed by atoms with Crippen LogP contribution in [0.5, 0.6) is 0 Å². The molecule has 2 heteroatoms. The molecule has 0 spiro atoms. The van der Waals surface area contributed by atoms with Crippen molar-refractivity contribution in [1.29, 1.82) is 0 Å². The summed E-state index contributed by atoms with van der Waals surface area (Å²) < 4.78 is 11.0. The summed E-state index contributed by atoms with van der Waals surface area (Å²) in [6.07, 6.45) is 7.16. The Morgan fingerprint density at radius 1 is 1.41 bits per heavy atom. The maximum atomic E-state index is 5.74. The third-order valence-electron chi connectivity index (χ3n) is 2.29. The van der Waals surface area contributed by atoms with Gasteiger partial charge in [-0.3, -0.25) is 0 Å². The van der Waals surface area contributed by atoms with E-state index in [4.69, 9.17) is 15.9 Å². The zero-order valence-corrected chi connectivity index (χ0v) is 10.1. The Labute approximate surface area is 103 Å². The van der Waals surface area contributed by atoms with Crippen LogP contribution in [0, 0.1) is 12.3 Å². The van der Waals surface area contributed by atoms with E-state index in [1.54, 1.807) is 0 Å². The quantitative estimate of drug-likeness (QED) is 0.406. The van der Waals surface area contributed by atoms with E-state index in [2.05, 4.69) is 12.5 Å². The second-order valence-corrected chi connectivity index (χ2v) is 3.51. The van der Waals surface area contributed by atoms with Crippen LogP contribution in [0.3, 0.4) is 0 Å². The lowest BCUT2D eigenvalue weighted by Crippen LogP contribution is -2.18.